The van der Waals surface area contributed by atoms with Crippen molar-refractivity contribution in [1.82, 2.24) is 15.2 Å². The Morgan fingerprint density at radius 1 is 1.52 bits per heavy atom. The zero-order chi connectivity index (χ0) is 15.2. The number of likely N-dealkylation sites (tertiary alicyclic amines) is 1. The number of likely N-dealkylation sites (N-methyl/N-ethyl adjacent to an activating group) is 1. The number of nitrogens with zero attached hydrogens (tertiary/aromatic N) is 2. The fourth-order valence-corrected chi connectivity index (χ4v) is 2.93. The van der Waals surface area contributed by atoms with E-state index in [1.807, 2.05) is 6.92 Å². The highest BCUT2D eigenvalue weighted by Gasteiger charge is 2.23. The van der Waals surface area contributed by atoms with Crippen molar-refractivity contribution in [2.24, 2.45) is 0 Å². The van der Waals surface area contributed by atoms with Crippen molar-refractivity contribution in [3.05, 3.63) is 22.8 Å². The van der Waals surface area contributed by atoms with E-state index in [0.717, 1.165) is 26.1 Å². The molecule has 0 aliphatic carbocycles. The van der Waals surface area contributed by atoms with Crippen LogP contribution in [0.4, 0.5) is 5.82 Å². The summed E-state index contributed by atoms with van der Waals surface area (Å²) in [5, 5.41) is 6.46. The molecule has 6 heteroatoms. The normalized spacial score (nSPS) is 18.7. The third-order valence-electron chi connectivity index (χ3n) is 3.86. The van der Waals surface area contributed by atoms with Gasteiger partial charge < -0.3 is 10.6 Å². The van der Waals surface area contributed by atoms with Crippen LogP contribution in [0.1, 0.15) is 37.0 Å². The highest BCUT2D eigenvalue weighted by Crippen LogP contribution is 2.19. The topological polar surface area (TPSA) is 57.3 Å². The van der Waals surface area contributed by atoms with Gasteiger partial charge >= 0.3 is 0 Å². The van der Waals surface area contributed by atoms with Gasteiger partial charge in [0.2, 0.25) is 0 Å². The summed E-state index contributed by atoms with van der Waals surface area (Å²) in [5.41, 5.74) is 0.476. The van der Waals surface area contributed by atoms with Gasteiger partial charge in [0.05, 0.1) is 10.6 Å². The number of halogens is 1. The molecule has 1 fully saturated rings. The van der Waals surface area contributed by atoms with Crippen molar-refractivity contribution in [2.75, 3.05) is 31.5 Å². The first-order valence-electron chi connectivity index (χ1n) is 7.57. The number of pyridine rings is 1. The number of carbonyl (C=O) groups is 1. The first kappa shape index (κ1) is 16.0. The monoisotopic (exact) mass is 310 g/mol. The smallest absolute Gasteiger partial charge is 0.253 e. The first-order valence-corrected chi connectivity index (χ1v) is 7.95. The number of nitrogens with one attached hydrogen (secondary N) is 2. The minimum Gasteiger partial charge on any atom is -0.370 e. The molecule has 1 aliphatic heterocycles. The standard InChI is InChI=1S/C15H23ClN4O/c1-3-17-14-8-12(13(16)10-18-14)15(21)19-9-11-6-5-7-20(11)4-2/h8,10-11H,3-7,9H2,1-2H3,(H,17,18)(H,19,21). The van der Waals surface area contributed by atoms with Crippen LogP contribution in [0.5, 0.6) is 0 Å². The quantitative estimate of drug-likeness (QED) is 0.847. The lowest BCUT2D eigenvalue weighted by Crippen LogP contribution is -2.40. The van der Waals surface area contributed by atoms with E-state index in [1.54, 1.807) is 6.07 Å². The molecular formula is C15H23ClN4O. The summed E-state index contributed by atoms with van der Waals surface area (Å²) in [4.78, 5) is 18.8. The molecule has 21 heavy (non-hydrogen) atoms. The molecule has 116 valence electrons. The summed E-state index contributed by atoms with van der Waals surface area (Å²) in [5.74, 6) is 0.535. The maximum atomic E-state index is 12.3. The fourth-order valence-electron chi connectivity index (χ4n) is 2.74. The number of hydrogen-bond acceptors (Lipinski definition) is 4. The molecule has 1 aromatic rings. The number of aromatic nitrogens is 1. The second kappa shape index (κ2) is 7.61. The number of hydrogen-bond donors (Lipinski definition) is 2. The van der Waals surface area contributed by atoms with E-state index in [4.69, 9.17) is 11.6 Å². The van der Waals surface area contributed by atoms with Crippen LogP contribution >= 0.6 is 11.6 Å². The molecule has 1 unspecified atom stereocenters. The van der Waals surface area contributed by atoms with Crippen LogP contribution in [0.15, 0.2) is 12.3 Å². The first-order chi connectivity index (χ1) is 10.2. The van der Waals surface area contributed by atoms with Crippen LogP contribution in [0.2, 0.25) is 5.02 Å². The molecule has 2 rings (SSSR count). The van der Waals surface area contributed by atoms with Crippen LogP contribution in [-0.4, -0.2) is 48.0 Å². The Morgan fingerprint density at radius 2 is 2.33 bits per heavy atom. The highest BCUT2D eigenvalue weighted by molar-refractivity contribution is 6.33. The van der Waals surface area contributed by atoms with E-state index in [0.29, 0.717) is 29.0 Å². The van der Waals surface area contributed by atoms with Gasteiger partial charge in [0.25, 0.3) is 5.91 Å². The Kier molecular flexibility index (Phi) is 5.82. The average Bonchev–Trinajstić information content (AvgIpc) is 2.94. The van der Waals surface area contributed by atoms with E-state index in [1.165, 1.54) is 12.6 Å². The molecule has 1 atom stereocenters. The van der Waals surface area contributed by atoms with Gasteiger partial charge in [0.1, 0.15) is 5.82 Å². The second-order valence-corrected chi connectivity index (χ2v) is 5.62. The van der Waals surface area contributed by atoms with E-state index in [9.17, 15) is 4.79 Å². The second-order valence-electron chi connectivity index (χ2n) is 5.21. The minimum absolute atomic E-state index is 0.135. The van der Waals surface area contributed by atoms with Gasteiger partial charge in [0, 0.05) is 25.3 Å². The van der Waals surface area contributed by atoms with Gasteiger partial charge in [-0.15, -0.1) is 0 Å². The van der Waals surface area contributed by atoms with Gasteiger partial charge in [-0.3, -0.25) is 9.69 Å². The summed E-state index contributed by atoms with van der Waals surface area (Å²) in [7, 11) is 0. The predicted molar refractivity (Wildman–Crippen MR) is 86.0 cm³/mol. The van der Waals surface area contributed by atoms with Gasteiger partial charge in [-0.2, -0.15) is 0 Å². The molecule has 0 radical (unpaired) electrons. The SMILES string of the molecule is CCNc1cc(C(=O)NCC2CCCN2CC)c(Cl)cn1. The summed E-state index contributed by atoms with van der Waals surface area (Å²) in [6.45, 7) is 7.71. The molecule has 0 aromatic carbocycles. The lowest BCUT2D eigenvalue weighted by Gasteiger charge is -2.23. The van der Waals surface area contributed by atoms with Gasteiger partial charge in [-0.25, -0.2) is 4.98 Å². The van der Waals surface area contributed by atoms with Crippen molar-refractivity contribution >= 4 is 23.3 Å². The molecule has 1 amide bonds. The summed E-state index contributed by atoms with van der Waals surface area (Å²) in [6.07, 6.45) is 3.86. The Labute approximate surface area is 131 Å². The van der Waals surface area contributed by atoms with E-state index < -0.39 is 0 Å². The zero-order valence-electron chi connectivity index (χ0n) is 12.7. The highest BCUT2D eigenvalue weighted by atomic mass is 35.5. The fraction of sp³-hybridized carbons (Fsp3) is 0.600. The van der Waals surface area contributed by atoms with Gasteiger partial charge in [-0.05, 0) is 38.9 Å². The molecule has 2 N–H and O–H groups in total. The van der Waals surface area contributed by atoms with Crippen LogP contribution in [0.3, 0.4) is 0 Å². The van der Waals surface area contributed by atoms with Gasteiger partial charge in [-0.1, -0.05) is 18.5 Å². The largest absolute Gasteiger partial charge is 0.370 e. The summed E-state index contributed by atoms with van der Waals surface area (Å²) < 4.78 is 0. The number of amides is 1. The number of carbonyl (C=O) groups excluding carboxylic acids is 1. The van der Waals surface area contributed by atoms with Crippen LogP contribution in [-0.2, 0) is 0 Å². The molecule has 1 aromatic heterocycles. The van der Waals surface area contributed by atoms with Crippen molar-refractivity contribution in [1.29, 1.82) is 0 Å². The van der Waals surface area contributed by atoms with Crippen LogP contribution in [0.25, 0.3) is 0 Å². The van der Waals surface area contributed by atoms with E-state index in [2.05, 4.69) is 27.4 Å². The van der Waals surface area contributed by atoms with E-state index in [-0.39, 0.29) is 5.91 Å². The average molecular weight is 311 g/mol. The Balaban J connectivity index is 1.98. The third-order valence-corrected chi connectivity index (χ3v) is 4.16. The molecule has 1 aliphatic rings. The maximum absolute atomic E-state index is 12.3. The van der Waals surface area contributed by atoms with E-state index >= 15 is 0 Å². The molecule has 1 saturated heterocycles. The third kappa shape index (κ3) is 4.08. The summed E-state index contributed by atoms with van der Waals surface area (Å²) in [6, 6.07) is 2.14. The molecule has 0 spiro atoms. The number of rotatable bonds is 6. The minimum atomic E-state index is -0.135. The molecule has 2 heterocycles. The maximum Gasteiger partial charge on any atom is 0.253 e. The van der Waals surface area contributed by atoms with Gasteiger partial charge in [0.15, 0.2) is 0 Å². The lowest BCUT2D eigenvalue weighted by molar-refractivity contribution is 0.0941. The van der Waals surface area contributed by atoms with Crippen molar-refractivity contribution < 1.29 is 4.79 Å². The zero-order valence-corrected chi connectivity index (χ0v) is 13.4. The van der Waals surface area contributed by atoms with Crippen LogP contribution in [0, 0.1) is 0 Å². The number of anilines is 1. The predicted octanol–water partition coefficient (Wildman–Crippen LogP) is 2.38. The molecule has 0 bridgehead atoms. The molecule has 5 nitrogen and oxygen atoms in total. The van der Waals surface area contributed by atoms with Crippen LogP contribution < -0.4 is 10.6 Å². The van der Waals surface area contributed by atoms with Crippen molar-refractivity contribution in [2.45, 2.75) is 32.7 Å². The molecule has 0 saturated carbocycles. The molecular weight excluding hydrogens is 288 g/mol. The summed E-state index contributed by atoms with van der Waals surface area (Å²) >= 11 is 6.08. The van der Waals surface area contributed by atoms with Crippen molar-refractivity contribution in [3.63, 3.8) is 0 Å². The lowest BCUT2D eigenvalue weighted by atomic mass is 10.2. The Hall–Kier alpha value is -1.33. The Bertz CT molecular complexity index is 495. The van der Waals surface area contributed by atoms with Crippen molar-refractivity contribution in [3.8, 4) is 0 Å². The Morgan fingerprint density at radius 3 is 3.05 bits per heavy atom.